The molecule has 5 aliphatic carbocycles. The largest absolute Gasteiger partial charge is 0.393 e. The van der Waals surface area contributed by atoms with Crippen molar-refractivity contribution in [3.8, 4) is 0 Å². The fraction of sp³-hybridized carbons (Fsp3) is 0.818. The first-order chi connectivity index (χ1) is 12.7. The summed E-state index contributed by atoms with van der Waals surface area (Å²) < 4.78 is 0. The van der Waals surface area contributed by atoms with Gasteiger partial charge in [-0.2, -0.15) is 0 Å². The molecule has 0 radical (unpaired) electrons. The van der Waals surface area contributed by atoms with E-state index in [-0.39, 0.29) is 34.9 Å². The molecule has 0 unspecified atom stereocenters. The van der Waals surface area contributed by atoms with Crippen LogP contribution in [0.1, 0.15) is 52.4 Å². The number of carbonyl (C=O) groups is 2. The van der Waals surface area contributed by atoms with Crippen LogP contribution >= 0.6 is 0 Å². The molecular formula is C22H30O5. The van der Waals surface area contributed by atoms with Gasteiger partial charge in [-0.25, -0.2) is 0 Å². The van der Waals surface area contributed by atoms with Gasteiger partial charge in [0.05, 0.1) is 6.10 Å². The summed E-state index contributed by atoms with van der Waals surface area (Å²) in [6.45, 7) is 3.53. The molecule has 0 amide bonds. The zero-order valence-electron chi connectivity index (χ0n) is 16.1. The maximum Gasteiger partial charge on any atom is 0.190 e. The molecule has 0 heterocycles. The Morgan fingerprint density at radius 3 is 2.67 bits per heavy atom. The molecule has 9 atom stereocenters. The van der Waals surface area contributed by atoms with Gasteiger partial charge in [0.2, 0.25) is 0 Å². The Labute approximate surface area is 159 Å². The van der Waals surface area contributed by atoms with E-state index in [9.17, 15) is 24.9 Å². The summed E-state index contributed by atoms with van der Waals surface area (Å²) in [5.41, 5.74) is -1.16. The van der Waals surface area contributed by atoms with Crippen LogP contribution in [0.25, 0.3) is 0 Å². The molecule has 0 aliphatic heterocycles. The van der Waals surface area contributed by atoms with Crippen LogP contribution in [-0.4, -0.2) is 45.2 Å². The van der Waals surface area contributed by atoms with Gasteiger partial charge in [-0.05, 0) is 73.2 Å². The number of aliphatic hydroxyl groups is 3. The van der Waals surface area contributed by atoms with Crippen LogP contribution in [0.15, 0.2) is 11.6 Å². The van der Waals surface area contributed by atoms with Crippen molar-refractivity contribution in [1.82, 2.24) is 0 Å². The standard InChI is InChI=1S/C22H30O5/c1-20-6-5-12(24)7-11(20)3-4-13-18-14-8-15(14)22(27,17(26)10-23)21(18,2)9-16(25)19(13)20/h7,13-16,18-19,23,25,27H,3-6,8-10H2,1-2H3/t13-,14-,15+,16+,18+,19+,20-,21-,22-/m0/s1. The summed E-state index contributed by atoms with van der Waals surface area (Å²) in [6.07, 6.45) is 5.55. The number of ketones is 2. The molecule has 4 fully saturated rings. The zero-order chi connectivity index (χ0) is 19.4. The Kier molecular flexibility index (Phi) is 3.54. The van der Waals surface area contributed by atoms with E-state index in [2.05, 4.69) is 6.92 Å². The van der Waals surface area contributed by atoms with E-state index in [0.717, 1.165) is 25.7 Å². The average molecular weight is 374 g/mol. The summed E-state index contributed by atoms with van der Waals surface area (Å²) >= 11 is 0. The fourth-order valence-corrected chi connectivity index (χ4v) is 8.33. The van der Waals surface area contributed by atoms with Crippen molar-refractivity contribution in [2.75, 3.05) is 6.61 Å². The summed E-state index contributed by atoms with van der Waals surface area (Å²) in [7, 11) is 0. The Morgan fingerprint density at radius 2 is 1.96 bits per heavy atom. The molecule has 0 saturated heterocycles. The van der Waals surface area contributed by atoms with Gasteiger partial charge < -0.3 is 15.3 Å². The van der Waals surface area contributed by atoms with Crippen molar-refractivity contribution in [2.45, 2.75) is 64.1 Å². The Bertz CT molecular complexity index is 758. The molecule has 0 aromatic rings. The van der Waals surface area contributed by atoms with Crippen LogP contribution in [0.3, 0.4) is 0 Å². The van der Waals surface area contributed by atoms with E-state index in [0.29, 0.717) is 18.8 Å². The number of Topliss-reactive ketones (excluding diaryl/α,β-unsaturated/α-hetero) is 1. The second-order valence-electron chi connectivity index (χ2n) is 10.4. The minimum atomic E-state index is -1.51. The van der Waals surface area contributed by atoms with Gasteiger partial charge >= 0.3 is 0 Å². The third-order valence-corrected chi connectivity index (χ3v) is 9.43. The zero-order valence-corrected chi connectivity index (χ0v) is 16.1. The van der Waals surface area contributed by atoms with Gasteiger partial charge in [-0.15, -0.1) is 0 Å². The molecule has 4 saturated carbocycles. The number of carbonyl (C=O) groups excluding carboxylic acids is 2. The molecule has 0 aromatic carbocycles. The molecule has 148 valence electrons. The third kappa shape index (κ3) is 1.96. The fourth-order valence-electron chi connectivity index (χ4n) is 8.33. The molecule has 5 rings (SSSR count). The molecule has 0 bridgehead atoms. The molecule has 5 heteroatoms. The smallest absolute Gasteiger partial charge is 0.190 e. The molecule has 5 aliphatic rings. The summed E-state index contributed by atoms with van der Waals surface area (Å²) in [5, 5.41) is 32.3. The predicted octanol–water partition coefficient (Wildman–Crippen LogP) is 1.64. The van der Waals surface area contributed by atoms with Crippen LogP contribution in [0.2, 0.25) is 0 Å². The van der Waals surface area contributed by atoms with Crippen molar-refractivity contribution in [3.05, 3.63) is 11.6 Å². The Balaban J connectivity index is 1.58. The summed E-state index contributed by atoms with van der Waals surface area (Å²) in [6, 6.07) is 0. The van der Waals surface area contributed by atoms with Gasteiger partial charge in [-0.1, -0.05) is 19.4 Å². The van der Waals surface area contributed by atoms with Gasteiger partial charge in [0.15, 0.2) is 11.6 Å². The number of rotatable bonds is 2. The van der Waals surface area contributed by atoms with E-state index < -0.39 is 29.5 Å². The number of hydrogen-bond acceptors (Lipinski definition) is 5. The molecule has 0 aromatic heterocycles. The van der Waals surface area contributed by atoms with E-state index in [1.54, 1.807) is 0 Å². The van der Waals surface area contributed by atoms with Crippen molar-refractivity contribution < 1.29 is 24.9 Å². The monoisotopic (exact) mass is 374 g/mol. The van der Waals surface area contributed by atoms with Gasteiger partial charge in [0.25, 0.3) is 0 Å². The van der Waals surface area contributed by atoms with Crippen LogP contribution in [0.4, 0.5) is 0 Å². The molecule has 5 nitrogen and oxygen atoms in total. The van der Waals surface area contributed by atoms with Gasteiger partial charge in [0, 0.05) is 11.8 Å². The maximum absolute atomic E-state index is 12.6. The van der Waals surface area contributed by atoms with Crippen LogP contribution in [0, 0.1) is 40.4 Å². The third-order valence-electron chi connectivity index (χ3n) is 9.43. The normalized spacial score (nSPS) is 55.7. The quantitative estimate of drug-likeness (QED) is 0.683. The number of fused-ring (bicyclic) bond motifs is 7. The number of aliphatic hydroxyl groups excluding tert-OH is 2. The van der Waals surface area contributed by atoms with E-state index >= 15 is 0 Å². The summed E-state index contributed by atoms with van der Waals surface area (Å²) in [5.74, 6) is 0.498. The average Bonchev–Trinajstić information content (AvgIpc) is 3.37. The number of allylic oxidation sites excluding steroid dienone is 1. The topological polar surface area (TPSA) is 94.8 Å². The Hall–Kier alpha value is -1.04. The predicted molar refractivity (Wildman–Crippen MR) is 97.5 cm³/mol. The van der Waals surface area contributed by atoms with Crippen LogP contribution < -0.4 is 0 Å². The molecule has 3 N–H and O–H groups in total. The first-order valence-corrected chi connectivity index (χ1v) is 10.5. The maximum atomic E-state index is 12.6. The SMILES string of the molecule is C[C@]12CCC(=O)C=C1CC[C@@H]1[C@@H]2[C@H](O)C[C@@]2(C)[C@H]1[C@H]1C[C@H]1[C@]2(O)C(=O)CO. The lowest BCUT2D eigenvalue weighted by Crippen LogP contribution is -2.63. The van der Waals surface area contributed by atoms with Crippen molar-refractivity contribution in [2.24, 2.45) is 40.4 Å². The highest BCUT2D eigenvalue weighted by molar-refractivity contribution is 5.92. The number of hydrogen-bond donors (Lipinski definition) is 3. The van der Waals surface area contributed by atoms with E-state index in [4.69, 9.17) is 0 Å². The highest BCUT2D eigenvalue weighted by atomic mass is 16.3. The molecular weight excluding hydrogens is 344 g/mol. The second-order valence-corrected chi connectivity index (χ2v) is 10.4. The van der Waals surface area contributed by atoms with Gasteiger partial charge in [0.1, 0.15) is 12.2 Å². The van der Waals surface area contributed by atoms with E-state index in [1.165, 1.54) is 5.57 Å². The first kappa shape index (κ1) is 18.0. The van der Waals surface area contributed by atoms with Crippen molar-refractivity contribution >= 4 is 11.6 Å². The molecule has 27 heavy (non-hydrogen) atoms. The van der Waals surface area contributed by atoms with Crippen molar-refractivity contribution in [3.63, 3.8) is 0 Å². The first-order valence-electron chi connectivity index (χ1n) is 10.5. The lowest BCUT2D eigenvalue weighted by Gasteiger charge is -2.61. The Morgan fingerprint density at radius 1 is 1.22 bits per heavy atom. The molecule has 0 spiro atoms. The summed E-state index contributed by atoms with van der Waals surface area (Å²) in [4.78, 5) is 24.6. The minimum absolute atomic E-state index is 0.0734. The second kappa shape index (κ2) is 5.31. The highest BCUT2D eigenvalue weighted by Gasteiger charge is 2.79. The lowest BCUT2D eigenvalue weighted by atomic mass is 9.44. The minimum Gasteiger partial charge on any atom is -0.393 e. The van der Waals surface area contributed by atoms with Crippen LogP contribution in [0.5, 0.6) is 0 Å². The van der Waals surface area contributed by atoms with Crippen LogP contribution in [-0.2, 0) is 9.59 Å². The van der Waals surface area contributed by atoms with E-state index in [1.807, 2.05) is 13.0 Å². The van der Waals surface area contributed by atoms with Gasteiger partial charge in [-0.3, -0.25) is 9.59 Å². The van der Waals surface area contributed by atoms with Crippen molar-refractivity contribution in [1.29, 1.82) is 0 Å². The highest BCUT2D eigenvalue weighted by Crippen LogP contribution is 2.76. The lowest BCUT2D eigenvalue weighted by molar-refractivity contribution is -0.192.